The summed E-state index contributed by atoms with van der Waals surface area (Å²) in [5.74, 6) is -0.822. The minimum absolute atomic E-state index is 0.135. The number of carbonyl (C=O) groups is 2. The predicted octanol–water partition coefficient (Wildman–Crippen LogP) is 1.61. The molecule has 11 nitrogen and oxygen atoms in total. The van der Waals surface area contributed by atoms with Crippen molar-refractivity contribution in [2.45, 2.75) is 31.5 Å². The molecule has 2 amide bonds. The standard InChI is InChI=1S/C27H36FN7O4/c28-22-15-20(8-9-24(22)33-11-13-38-14-12-33)35-18-21(39-27(35)37)17-34(16-19-5-2-1-3-6-19)25(36)23(29)7-4-10-32-26(30)31/h1-3,5-6,8-9,15,21,23H,4,7,10-14,16-18,29H2,(H4,30,31,32)/t21-,23?/m0/s1. The van der Waals surface area contributed by atoms with Crippen LogP contribution < -0.4 is 26.6 Å². The number of nitrogens with zero attached hydrogens (tertiary/aromatic N) is 3. The first-order valence-corrected chi connectivity index (χ1v) is 13.1. The molecule has 2 aliphatic heterocycles. The Hall–Kier alpha value is -3.90. The number of halogens is 1. The Morgan fingerprint density at radius 1 is 1.21 bits per heavy atom. The Morgan fingerprint density at radius 3 is 2.64 bits per heavy atom. The Bertz CT molecular complexity index is 1150. The minimum atomic E-state index is -0.766. The second-order valence-corrected chi connectivity index (χ2v) is 9.65. The lowest BCUT2D eigenvalue weighted by atomic mass is 10.1. The van der Waals surface area contributed by atoms with Crippen LogP contribution in [0.15, 0.2) is 48.5 Å². The third-order valence-electron chi connectivity index (χ3n) is 6.75. The summed E-state index contributed by atoms with van der Waals surface area (Å²) < 4.78 is 25.9. The third kappa shape index (κ3) is 7.58. The van der Waals surface area contributed by atoms with E-state index < -0.39 is 24.1 Å². The summed E-state index contributed by atoms with van der Waals surface area (Å²) in [6.07, 6.45) is -0.247. The van der Waals surface area contributed by atoms with Gasteiger partial charge in [-0.05, 0) is 36.6 Å². The largest absolute Gasteiger partial charge is 0.442 e. The lowest BCUT2D eigenvalue weighted by Gasteiger charge is -2.29. The highest BCUT2D eigenvalue weighted by molar-refractivity contribution is 5.90. The highest BCUT2D eigenvalue weighted by atomic mass is 19.1. The Morgan fingerprint density at radius 2 is 1.95 bits per heavy atom. The lowest BCUT2D eigenvalue weighted by molar-refractivity contribution is -0.134. The zero-order valence-electron chi connectivity index (χ0n) is 21.9. The summed E-state index contributed by atoms with van der Waals surface area (Å²) in [4.78, 5) is 31.0. The van der Waals surface area contributed by atoms with Crippen molar-refractivity contribution in [1.82, 2.24) is 10.2 Å². The van der Waals surface area contributed by atoms with Crippen LogP contribution in [0.25, 0.3) is 0 Å². The van der Waals surface area contributed by atoms with Gasteiger partial charge in [0.2, 0.25) is 5.91 Å². The fourth-order valence-corrected chi connectivity index (χ4v) is 4.74. The normalized spacial score (nSPS) is 18.0. The van der Waals surface area contributed by atoms with E-state index in [0.717, 1.165) is 5.56 Å². The SMILES string of the molecule is N=C(N)NCCCC(N)C(=O)N(Cc1ccccc1)C[C@H]1CN(c2ccc(N3CCOCC3)c(F)c2)C(=O)O1. The second-order valence-electron chi connectivity index (χ2n) is 9.65. The molecular formula is C27H36FN7O4. The summed E-state index contributed by atoms with van der Waals surface area (Å²) in [6.45, 7) is 3.34. The van der Waals surface area contributed by atoms with E-state index in [2.05, 4.69) is 5.32 Å². The molecule has 39 heavy (non-hydrogen) atoms. The highest BCUT2D eigenvalue weighted by Gasteiger charge is 2.35. The van der Waals surface area contributed by atoms with Crippen LogP contribution in [0.3, 0.4) is 0 Å². The maximum atomic E-state index is 15.0. The minimum Gasteiger partial charge on any atom is -0.442 e. The molecule has 0 saturated carbocycles. The van der Waals surface area contributed by atoms with Crippen LogP contribution in [0.2, 0.25) is 0 Å². The number of hydrogen-bond acceptors (Lipinski definition) is 7. The van der Waals surface area contributed by atoms with E-state index in [4.69, 9.17) is 26.4 Å². The van der Waals surface area contributed by atoms with E-state index in [1.54, 1.807) is 17.0 Å². The molecule has 6 N–H and O–H groups in total. The number of anilines is 2. The van der Waals surface area contributed by atoms with Gasteiger partial charge in [-0.1, -0.05) is 30.3 Å². The Labute approximate surface area is 227 Å². The summed E-state index contributed by atoms with van der Waals surface area (Å²) in [7, 11) is 0. The predicted molar refractivity (Wildman–Crippen MR) is 146 cm³/mol. The number of benzene rings is 2. The average Bonchev–Trinajstić information content (AvgIpc) is 3.30. The molecular weight excluding hydrogens is 505 g/mol. The van der Waals surface area contributed by atoms with Crippen LogP contribution >= 0.6 is 0 Å². The topological polar surface area (TPSA) is 150 Å². The quantitative estimate of drug-likeness (QED) is 0.190. The van der Waals surface area contributed by atoms with Crippen LogP contribution in [0.5, 0.6) is 0 Å². The molecule has 2 aromatic rings. The molecule has 2 fully saturated rings. The van der Waals surface area contributed by atoms with Crippen molar-refractivity contribution in [2.24, 2.45) is 11.5 Å². The number of ether oxygens (including phenoxy) is 2. The Kier molecular flexibility index (Phi) is 9.55. The number of carbonyl (C=O) groups excluding carboxylic acids is 2. The summed E-state index contributed by atoms with van der Waals surface area (Å²) >= 11 is 0. The van der Waals surface area contributed by atoms with Crippen LogP contribution in [0.1, 0.15) is 18.4 Å². The summed E-state index contributed by atoms with van der Waals surface area (Å²) in [5.41, 5.74) is 13.3. The van der Waals surface area contributed by atoms with Gasteiger partial charge in [-0.2, -0.15) is 0 Å². The zero-order chi connectivity index (χ0) is 27.8. The molecule has 2 heterocycles. The van der Waals surface area contributed by atoms with E-state index in [1.807, 2.05) is 35.2 Å². The van der Waals surface area contributed by atoms with Gasteiger partial charge < -0.3 is 36.1 Å². The number of nitrogens with one attached hydrogen (secondary N) is 2. The van der Waals surface area contributed by atoms with Gasteiger partial charge in [-0.25, -0.2) is 9.18 Å². The number of hydrogen-bond donors (Lipinski definition) is 4. The van der Waals surface area contributed by atoms with Gasteiger partial charge in [-0.3, -0.25) is 15.1 Å². The van der Waals surface area contributed by atoms with E-state index >= 15 is 0 Å². The van der Waals surface area contributed by atoms with Crippen LogP contribution in [-0.4, -0.2) is 80.9 Å². The monoisotopic (exact) mass is 541 g/mol. The van der Waals surface area contributed by atoms with Crippen molar-refractivity contribution < 1.29 is 23.5 Å². The number of cyclic esters (lactones) is 1. The molecule has 0 bridgehead atoms. The van der Waals surface area contributed by atoms with Crippen LogP contribution in [-0.2, 0) is 20.8 Å². The molecule has 0 aliphatic carbocycles. The van der Waals surface area contributed by atoms with Crippen molar-refractivity contribution >= 4 is 29.3 Å². The first-order chi connectivity index (χ1) is 18.8. The molecule has 2 saturated heterocycles. The number of morpholine rings is 1. The molecule has 0 aromatic heterocycles. The molecule has 2 aromatic carbocycles. The van der Waals surface area contributed by atoms with Crippen molar-refractivity contribution in [3.8, 4) is 0 Å². The first-order valence-electron chi connectivity index (χ1n) is 13.1. The van der Waals surface area contributed by atoms with Gasteiger partial charge in [0.05, 0.1) is 43.7 Å². The van der Waals surface area contributed by atoms with Gasteiger partial charge in [-0.15, -0.1) is 0 Å². The van der Waals surface area contributed by atoms with Gasteiger partial charge in [0, 0.05) is 26.2 Å². The summed E-state index contributed by atoms with van der Waals surface area (Å²) in [6, 6.07) is 13.4. The lowest BCUT2D eigenvalue weighted by Crippen LogP contribution is -2.47. The van der Waals surface area contributed by atoms with Crippen molar-refractivity contribution in [2.75, 3.05) is 55.7 Å². The van der Waals surface area contributed by atoms with Crippen molar-refractivity contribution in [3.05, 3.63) is 59.9 Å². The van der Waals surface area contributed by atoms with Crippen molar-refractivity contribution in [1.29, 1.82) is 5.41 Å². The van der Waals surface area contributed by atoms with Gasteiger partial charge in [0.1, 0.15) is 11.9 Å². The van der Waals surface area contributed by atoms with Gasteiger partial charge in [0.25, 0.3) is 0 Å². The Balaban J connectivity index is 1.42. The van der Waals surface area contributed by atoms with E-state index in [0.29, 0.717) is 63.6 Å². The maximum Gasteiger partial charge on any atom is 0.414 e. The molecule has 12 heteroatoms. The molecule has 2 aliphatic rings. The molecule has 0 spiro atoms. The second kappa shape index (κ2) is 13.3. The van der Waals surface area contributed by atoms with Crippen LogP contribution in [0.4, 0.5) is 20.6 Å². The van der Waals surface area contributed by atoms with Crippen LogP contribution in [0, 0.1) is 11.2 Å². The maximum absolute atomic E-state index is 15.0. The average molecular weight is 542 g/mol. The smallest absolute Gasteiger partial charge is 0.414 e. The number of amides is 2. The number of nitrogens with two attached hydrogens (primary N) is 2. The molecule has 2 atom stereocenters. The first kappa shape index (κ1) is 28.1. The number of rotatable bonds is 11. The van der Waals surface area contributed by atoms with Gasteiger partial charge >= 0.3 is 6.09 Å². The number of guanidine groups is 1. The van der Waals surface area contributed by atoms with E-state index in [1.165, 1.54) is 11.0 Å². The van der Waals surface area contributed by atoms with E-state index in [9.17, 15) is 14.0 Å². The fraction of sp³-hybridized carbons (Fsp3) is 0.444. The molecule has 0 radical (unpaired) electrons. The molecule has 1 unspecified atom stereocenters. The highest BCUT2D eigenvalue weighted by Crippen LogP contribution is 2.29. The zero-order valence-corrected chi connectivity index (χ0v) is 21.9. The molecule has 4 rings (SSSR count). The fourth-order valence-electron chi connectivity index (χ4n) is 4.74. The van der Waals surface area contributed by atoms with E-state index in [-0.39, 0.29) is 25.0 Å². The summed E-state index contributed by atoms with van der Waals surface area (Å²) in [5, 5.41) is 9.94. The van der Waals surface area contributed by atoms with Crippen molar-refractivity contribution in [3.63, 3.8) is 0 Å². The third-order valence-corrected chi connectivity index (χ3v) is 6.75. The molecule has 210 valence electrons. The van der Waals surface area contributed by atoms with Gasteiger partial charge in [0.15, 0.2) is 5.96 Å².